The number of nitrogens with one attached hydrogen (secondary N) is 1. The van der Waals surface area contributed by atoms with Crippen LogP contribution in [0.3, 0.4) is 0 Å². The minimum atomic E-state index is 0.705. The van der Waals surface area contributed by atoms with Crippen LogP contribution in [0.1, 0.15) is 19.3 Å². The van der Waals surface area contributed by atoms with Gasteiger partial charge in [0.05, 0.1) is 0 Å². The van der Waals surface area contributed by atoms with Crippen molar-refractivity contribution in [3.8, 4) is 5.75 Å². The maximum Gasteiger partial charge on any atom is 0.120 e. The Morgan fingerprint density at radius 2 is 2.27 bits per heavy atom. The molecule has 0 radical (unpaired) electrons. The van der Waals surface area contributed by atoms with E-state index in [2.05, 4.69) is 5.32 Å². The van der Waals surface area contributed by atoms with Gasteiger partial charge in [0, 0.05) is 17.6 Å². The third-order valence-corrected chi connectivity index (χ3v) is 2.94. The first-order valence-electron chi connectivity index (χ1n) is 5.46. The molecule has 0 heterocycles. The molecule has 2 nitrogen and oxygen atoms in total. The Balaban J connectivity index is 1.64. The highest BCUT2D eigenvalue weighted by molar-refractivity contribution is 6.30. The van der Waals surface area contributed by atoms with Crippen LogP contribution in [-0.2, 0) is 0 Å². The van der Waals surface area contributed by atoms with Crippen molar-refractivity contribution in [3.63, 3.8) is 0 Å². The maximum atomic E-state index is 5.84. The van der Waals surface area contributed by atoms with Gasteiger partial charge in [-0.15, -0.1) is 0 Å². The molecular weight excluding hydrogens is 210 g/mol. The monoisotopic (exact) mass is 225 g/mol. The molecule has 1 aromatic rings. The van der Waals surface area contributed by atoms with E-state index in [0.29, 0.717) is 6.61 Å². The van der Waals surface area contributed by atoms with Gasteiger partial charge >= 0.3 is 0 Å². The first-order chi connectivity index (χ1) is 7.34. The summed E-state index contributed by atoms with van der Waals surface area (Å²) in [6, 6.07) is 8.24. The van der Waals surface area contributed by atoms with Crippen LogP contribution in [0.25, 0.3) is 0 Å². The molecule has 1 fully saturated rings. The van der Waals surface area contributed by atoms with Crippen molar-refractivity contribution in [1.29, 1.82) is 0 Å². The van der Waals surface area contributed by atoms with Gasteiger partial charge in [-0.25, -0.2) is 0 Å². The summed E-state index contributed by atoms with van der Waals surface area (Å²) < 4.78 is 5.56. The summed E-state index contributed by atoms with van der Waals surface area (Å²) in [5.74, 6) is 0.845. The summed E-state index contributed by atoms with van der Waals surface area (Å²) in [5, 5.41) is 4.17. The predicted octanol–water partition coefficient (Wildman–Crippen LogP) is 2.86. The van der Waals surface area contributed by atoms with Gasteiger partial charge in [0.2, 0.25) is 0 Å². The van der Waals surface area contributed by atoms with Gasteiger partial charge in [0.25, 0.3) is 0 Å². The van der Waals surface area contributed by atoms with Crippen LogP contribution in [0, 0.1) is 0 Å². The number of halogens is 1. The minimum Gasteiger partial charge on any atom is -0.492 e. The van der Waals surface area contributed by atoms with E-state index in [1.54, 1.807) is 0 Å². The number of hydrogen-bond acceptors (Lipinski definition) is 2. The summed E-state index contributed by atoms with van der Waals surface area (Å²) >= 11 is 5.84. The van der Waals surface area contributed by atoms with E-state index in [1.165, 1.54) is 19.3 Å². The Kier molecular flexibility index (Phi) is 3.87. The highest BCUT2D eigenvalue weighted by Gasteiger charge is 2.15. The third kappa shape index (κ3) is 3.40. The molecule has 15 heavy (non-hydrogen) atoms. The molecule has 0 saturated heterocycles. The van der Waals surface area contributed by atoms with Crippen LogP contribution in [0.4, 0.5) is 0 Å². The molecule has 1 aromatic carbocycles. The topological polar surface area (TPSA) is 21.3 Å². The summed E-state index contributed by atoms with van der Waals surface area (Å²) in [4.78, 5) is 0. The lowest BCUT2D eigenvalue weighted by atomic mass is 9.93. The number of benzene rings is 1. The maximum absolute atomic E-state index is 5.84. The molecule has 2 rings (SSSR count). The van der Waals surface area contributed by atoms with Gasteiger partial charge in [0.15, 0.2) is 0 Å². The Bertz CT molecular complexity index is 312. The van der Waals surface area contributed by atoms with Crippen molar-refractivity contribution in [2.75, 3.05) is 13.2 Å². The van der Waals surface area contributed by atoms with Crippen LogP contribution >= 0.6 is 11.6 Å². The zero-order valence-corrected chi connectivity index (χ0v) is 9.46. The average Bonchev–Trinajstić information content (AvgIpc) is 2.15. The normalized spacial score (nSPS) is 16.1. The van der Waals surface area contributed by atoms with E-state index in [1.807, 2.05) is 24.3 Å². The van der Waals surface area contributed by atoms with Crippen LogP contribution in [0.2, 0.25) is 5.02 Å². The van der Waals surface area contributed by atoms with Gasteiger partial charge in [-0.3, -0.25) is 0 Å². The predicted molar refractivity (Wildman–Crippen MR) is 62.6 cm³/mol. The Labute approximate surface area is 95.6 Å². The summed E-state index contributed by atoms with van der Waals surface area (Å²) in [5.41, 5.74) is 0. The average molecular weight is 226 g/mol. The second-order valence-corrected chi connectivity index (χ2v) is 4.32. The molecule has 0 spiro atoms. The van der Waals surface area contributed by atoms with Crippen LogP contribution in [-0.4, -0.2) is 19.2 Å². The molecule has 0 bridgehead atoms. The van der Waals surface area contributed by atoms with Gasteiger partial charge in [-0.05, 0) is 31.0 Å². The largest absolute Gasteiger partial charge is 0.492 e. The van der Waals surface area contributed by atoms with Gasteiger partial charge in [-0.1, -0.05) is 24.1 Å². The fraction of sp³-hybridized carbons (Fsp3) is 0.500. The molecule has 1 saturated carbocycles. The fourth-order valence-corrected chi connectivity index (χ4v) is 1.78. The molecule has 1 aliphatic rings. The quantitative estimate of drug-likeness (QED) is 0.779. The van der Waals surface area contributed by atoms with Crippen molar-refractivity contribution < 1.29 is 4.74 Å². The van der Waals surface area contributed by atoms with Crippen molar-refractivity contribution in [3.05, 3.63) is 29.3 Å². The fourth-order valence-electron chi connectivity index (χ4n) is 1.60. The number of hydrogen-bond donors (Lipinski definition) is 1. The standard InChI is InChI=1S/C12H16ClNO/c13-10-3-1-6-12(9-10)15-8-7-14-11-4-2-5-11/h1,3,6,9,11,14H,2,4-5,7-8H2. The van der Waals surface area contributed by atoms with E-state index in [-0.39, 0.29) is 0 Å². The first kappa shape index (κ1) is 10.8. The lowest BCUT2D eigenvalue weighted by Gasteiger charge is -2.26. The second-order valence-electron chi connectivity index (χ2n) is 3.89. The zero-order chi connectivity index (χ0) is 10.5. The highest BCUT2D eigenvalue weighted by atomic mass is 35.5. The molecule has 1 aliphatic carbocycles. The van der Waals surface area contributed by atoms with E-state index >= 15 is 0 Å². The lowest BCUT2D eigenvalue weighted by Crippen LogP contribution is -2.37. The SMILES string of the molecule is Clc1cccc(OCCNC2CCC2)c1. The minimum absolute atomic E-state index is 0.705. The highest BCUT2D eigenvalue weighted by Crippen LogP contribution is 2.18. The molecule has 0 unspecified atom stereocenters. The molecule has 1 N–H and O–H groups in total. The van der Waals surface area contributed by atoms with E-state index < -0.39 is 0 Å². The van der Waals surface area contributed by atoms with E-state index in [4.69, 9.17) is 16.3 Å². The van der Waals surface area contributed by atoms with Gasteiger partial charge in [0.1, 0.15) is 12.4 Å². The van der Waals surface area contributed by atoms with Crippen molar-refractivity contribution in [1.82, 2.24) is 5.32 Å². The molecule has 0 aromatic heterocycles. The van der Waals surface area contributed by atoms with E-state index in [9.17, 15) is 0 Å². The van der Waals surface area contributed by atoms with Crippen molar-refractivity contribution >= 4 is 11.6 Å². The Hall–Kier alpha value is -0.730. The summed E-state index contributed by atoms with van der Waals surface area (Å²) in [6.07, 6.45) is 4.00. The zero-order valence-electron chi connectivity index (χ0n) is 8.71. The first-order valence-corrected chi connectivity index (χ1v) is 5.84. The second kappa shape index (κ2) is 5.38. The summed E-state index contributed by atoms with van der Waals surface area (Å²) in [7, 11) is 0. The molecular formula is C12H16ClNO. The molecule has 3 heteroatoms. The third-order valence-electron chi connectivity index (χ3n) is 2.71. The molecule has 0 aliphatic heterocycles. The van der Waals surface area contributed by atoms with Crippen LogP contribution in [0.15, 0.2) is 24.3 Å². The van der Waals surface area contributed by atoms with Crippen molar-refractivity contribution in [2.45, 2.75) is 25.3 Å². The van der Waals surface area contributed by atoms with Gasteiger partial charge < -0.3 is 10.1 Å². The molecule has 82 valence electrons. The van der Waals surface area contributed by atoms with Gasteiger partial charge in [-0.2, -0.15) is 0 Å². The van der Waals surface area contributed by atoms with Crippen LogP contribution < -0.4 is 10.1 Å². The molecule has 0 atom stereocenters. The summed E-state index contributed by atoms with van der Waals surface area (Å²) in [6.45, 7) is 1.62. The number of ether oxygens (including phenoxy) is 1. The Morgan fingerprint density at radius 3 is 2.93 bits per heavy atom. The lowest BCUT2D eigenvalue weighted by molar-refractivity contribution is 0.276. The van der Waals surface area contributed by atoms with Crippen LogP contribution in [0.5, 0.6) is 5.75 Å². The number of rotatable bonds is 5. The van der Waals surface area contributed by atoms with Crippen molar-refractivity contribution in [2.24, 2.45) is 0 Å². The smallest absolute Gasteiger partial charge is 0.120 e. The van der Waals surface area contributed by atoms with E-state index in [0.717, 1.165) is 23.4 Å². The molecule has 0 amide bonds. The Morgan fingerprint density at radius 1 is 1.40 bits per heavy atom.